The minimum absolute atomic E-state index is 0.000688. The molecule has 0 aromatic heterocycles. The lowest BCUT2D eigenvalue weighted by molar-refractivity contribution is -0.385. The number of amides is 1. The molecule has 2 aromatic carbocycles. The summed E-state index contributed by atoms with van der Waals surface area (Å²) in [6.45, 7) is 3.94. The minimum atomic E-state index is -0.560. The topological polar surface area (TPSA) is 112 Å². The van der Waals surface area contributed by atoms with Crippen LogP contribution in [0.4, 0.5) is 5.69 Å². The van der Waals surface area contributed by atoms with Crippen LogP contribution in [0.1, 0.15) is 30.9 Å². The fourth-order valence-corrected chi connectivity index (χ4v) is 2.51. The van der Waals surface area contributed by atoms with E-state index in [0.717, 1.165) is 0 Å². The second kappa shape index (κ2) is 8.38. The zero-order valence-electron chi connectivity index (χ0n) is 15.4. The number of benzene rings is 2. The Labute approximate surface area is 161 Å². The first-order valence-electron chi connectivity index (χ1n) is 8.56. The number of hydrogen-bond acceptors (Lipinski definition) is 7. The van der Waals surface area contributed by atoms with Crippen molar-refractivity contribution >= 4 is 17.8 Å². The summed E-state index contributed by atoms with van der Waals surface area (Å²) in [4.78, 5) is 22.5. The highest BCUT2D eigenvalue weighted by Gasteiger charge is 2.22. The van der Waals surface area contributed by atoms with Crippen LogP contribution in [0.3, 0.4) is 0 Å². The molecule has 1 aliphatic heterocycles. The molecule has 0 saturated heterocycles. The number of carbonyl (C=O) groups excluding carboxylic acids is 1. The van der Waals surface area contributed by atoms with E-state index in [1.807, 2.05) is 12.1 Å². The first-order chi connectivity index (χ1) is 13.4. The van der Waals surface area contributed by atoms with E-state index in [-0.39, 0.29) is 24.7 Å². The number of ether oxygens (including phenoxy) is 3. The van der Waals surface area contributed by atoms with Crippen LogP contribution in [0.25, 0.3) is 0 Å². The Kier molecular flexibility index (Phi) is 5.73. The maximum atomic E-state index is 11.9. The number of nitro benzene ring substituents is 1. The molecule has 0 atom stereocenters. The Balaban J connectivity index is 1.57. The third-order valence-electron chi connectivity index (χ3n) is 4.03. The molecule has 0 spiro atoms. The van der Waals surface area contributed by atoms with E-state index in [0.29, 0.717) is 23.2 Å². The van der Waals surface area contributed by atoms with Crippen molar-refractivity contribution in [3.63, 3.8) is 0 Å². The second-order valence-corrected chi connectivity index (χ2v) is 6.33. The molecular weight excluding hydrogens is 366 g/mol. The average molecular weight is 385 g/mol. The van der Waals surface area contributed by atoms with Gasteiger partial charge in [0.25, 0.3) is 11.6 Å². The summed E-state index contributed by atoms with van der Waals surface area (Å²) in [5.74, 6) is 1.16. The number of carbonyl (C=O) groups is 1. The predicted octanol–water partition coefficient (Wildman–Crippen LogP) is 2.98. The van der Waals surface area contributed by atoms with Crippen LogP contribution >= 0.6 is 0 Å². The van der Waals surface area contributed by atoms with E-state index in [1.165, 1.54) is 23.9 Å². The highest BCUT2D eigenvalue weighted by molar-refractivity contribution is 5.88. The van der Waals surface area contributed by atoms with Crippen molar-refractivity contribution < 1.29 is 23.9 Å². The summed E-state index contributed by atoms with van der Waals surface area (Å²) in [6, 6.07) is 10.2. The molecule has 0 saturated carbocycles. The smallest absolute Gasteiger partial charge is 0.282 e. The van der Waals surface area contributed by atoms with Gasteiger partial charge in [0.05, 0.1) is 22.8 Å². The second-order valence-electron chi connectivity index (χ2n) is 6.33. The molecule has 3 rings (SSSR count). The summed E-state index contributed by atoms with van der Waals surface area (Å²) in [7, 11) is 0. The lowest BCUT2D eigenvalue weighted by Crippen LogP contribution is -2.24. The number of nitro groups is 1. The molecule has 0 fully saturated rings. The number of rotatable bonds is 7. The highest BCUT2D eigenvalue weighted by atomic mass is 16.7. The molecule has 2 aromatic rings. The molecule has 1 N–H and O–H groups in total. The first-order valence-corrected chi connectivity index (χ1v) is 8.56. The summed E-state index contributed by atoms with van der Waals surface area (Å²) in [5, 5.41) is 14.9. The molecule has 9 heteroatoms. The van der Waals surface area contributed by atoms with Crippen LogP contribution in [0, 0.1) is 10.1 Å². The number of nitrogens with one attached hydrogen (secondary N) is 1. The van der Waals surface area contributed by atoms with Crippen molar-refractivity contribution in [2.45, 2.75) is 19.8 Å². The van der Waals surface area contributed by atoms with Crippen LogP contribution in [0.2, 0.25) is 0 Å². The molecule has 0 unspecified atom stereocenters. The summed E-state index contributed by atoms with van der Waals surface area (Å²) >= 11 is 0. The highest BCUT2D eigenvalue weighted by Crippen LogP contribution is 2.37. The molecule has 146 valence electrons. The lowest BCUT2D eigenvalue weighted by atomic mass is 10.0. The van der Waals surface area contributed by atoms with Crippen molar-refractivity contribution in [3.8, 4) is 17.2 Å². The standard InChI is InChI=1S/C19H19N3O6/c1-12(2)13-3-5-15(6-4-13)26-10-19(23)21-20-9-14-7-17-18(28-11-27-17)8-16(14)22(24)25/h3-9,12H,10-11H2,1-2H3,(H,21,23)/b20-9+. The van der Waals surface area contributed by atoms with Gasteiger partial charge in [0.1, 0.15) is 5.75 Å². The van der Waals surface area contributed by atoms with Gasteiger partial charge in [-0.05, 0) is 29.7 Å². The van der Waals surface area contributed by atoms with Crippen molar-refractivity contribution in [2.75, 3.05) is 13.4 Å². The quantitative estimate of drug-likeness (QED) is 0.445. The molecule has 0 radical (unpaired) electrons. The molecule has 0 bridgehead atoms. The van der Waals surface area contributed by atoms with Crippen LogP contribution in [0.15, 0.2) is 41.5 Å². The Bertz CT molecular complexity index is 909. The van der Waals surface area contributed by atoms with Gasteiger partial charge in [0.15, 0.2) is 18.1 Å². The van der Waals surface area contributed by atoms with E-state index >= 15 is 0 Å². The van der Waals surface area contributed by atoms with Crippen molar-refractivity contribution in [1.29, 1.82) is 0 Å². The summed E-state index contributed by atoms with van der Waals surface area (Å²) in [6.07, 6.45) is 1.18. The Morgan fingerprint density at radius 1 is 1.29 bits per heavy atom. The maximum Gasteiger partial charge on any atom is 0.282 e. The van der Waals surface area contributed by atoms with Gasteiger partial charge in [-0.15, -0.1) is 0 Å². The Morgan fingerprint density at radius 2 is 1.96 bits per heavy atom. The van der Waals surface area contributed by atoms with Gasteiger partial charge in [-0.3, -0.25) is 14.9 Å². The van der Waals surface area contributed by atoms with Gasteiger partial charge in [-0.1, -0.05) is 26.0 Å². The van der Waals surface area contributed by atoms with E-state index < -0.39 is 10.8 Å². The maximum absolute atomic E-state index is 11.9. The Morgan fingerprint density at radius 3 is 2.61 bits per heavy atom. The van der Waals surface area contributed by atoms with Gasteiger partial charge < -0.3 is 14.2 Å². The first kappa shape index (κ1) is 19.2. The molecule has 0 aliphatic carbocycles. The van der Waals surface area contributed by atoms with Gasteiger partial charge in [-0.2, -0.15) is 5.10 Å². The van der Waals surface area contributed by atoms with E-state index in [9.17, 15) is 14.9 Å². The predicted molar refractivity (Wildman–Crippen MR) is 101 cm³/mol. The molecule has 28 heavy (non-hydrogen) atoms. The SMILES string of the molecule is CC(C)c1ccc(OCC(=O)N/N=C/c2cc3c(cc2[N+](=O)[O-])OCO3)cc1. The normalized spacial score (nSPS) is 12.4. The summed E-state index contributed by atoms with van der Waals surface area (Å²) < 4.78 is 15.7. The number of fused-ring (bicyclic) bond motifs is 1. The third kappa shape index (κ3) is 4.56. The summed E-state index contributed by atoms with van der Waals surface area (Å²) in [5.41, 5.74) is 3.42. The number of nitrogens with zero attached hydrogens (tertiary/aromatic N) is 2. The van der Waals surface area contributed by atoms with Crippen molar-refractivity contribution in [3.05, 3.63) is 57.6 Å². The molecule has 9 nitrogen and oxygen atoms in total. The van der Waals surface area contributed by atoms with E-state index in [1.54, 1.807) is 12.1 Å². The monoisotopic (exact) mass is 385 g/mol. The van der Waals surface area contributed by atoms with E-state index in [2.05, 4.69) is 24.4 Å². The van der Waals surface area contributed by atoms with E-state index in [4.69, 9.17) is 14.2 Å². The van der Waals surface area contributed by atoms with Crippen LogP contribution in [-0.2, 0) is 4.79 Å². The molecule has 1 amide bonds. The Hall–Kier alpha value is -3.62. The molecule has 1 aliphatic rings. The van der Waals surface area contributed by atoms with Crippen molar-refractivity contribution in [2.24, 2.45) is 5.10 Å². The molecule has 1 heterocycles. The molecular formula is C19H19N3O6. The van der Waals surface area contributed by atoms with Gasteiger partial charge in [0.2, 0.25) is 6.79 Å². The van der Waals surface area contributed by atoms with Crippen LogP contribution < -0.4 is 19.6 Å². The fourth-order valence-electron chi connectivity index (χ4n) is 2.51. The fraction of sp³-hybridized carbons (Fsp3) is 0.263. The third-order valence-corrected chi connectivity index (χ3v) is 4.03. The zero-order chi connectivity index (χ0) is 20.1. The van der Waals surface area contributed by atoms with Gasteiger partial charge in [-0.25, -0.2) is 5.43 Å². The van der Waals surface area contributed by atoms with Crippen molar-refractivity contribution in [1.82, 2.24) is 5.43 Å². The van der Waals surface area contributed by atoms with Crippen LogP contribution in [0.5, 0.6) is 17.2 Å². The van der Waals surface area contributed by atoms with Crippen LogP contribution in [-0.4, -0.2) is 30.4 Å². The number of hydrazone groups is 1. The minimum Gasteiger partial charge on any atom is -0.484 e. The average Bonchev–Trinajstić information content (AvgIpc) is 3.13. The van der Waals surface area contributed by atoms with Gasteiger partial charge >= 0.3 is 0 Å². The largest absolute Gasteiger partial charge is 0.484 e. The van der Waals surface area contributed by atoms with Gasteiger partial charge in [0, 0.05) is 0 Å². The lowest BCUT2D eigenvalue weighted by Gasteiger charge is -2.08. The zero-order valence-corrected chi connectivity index (χ0v) is 15.4. The number of hydrogen-bond donors (Lipinski definition) is 1.